The molecule has 3 rings (SSSR count). The Morgan fingerprint density at radius 1 is 1.14 bits per heavy atom. The van der Waals surface area contributed by atoms with Crippen molar-refractivity contribution in [3.63, 3.8) is 0 Å². The Morgan fingerprint density at radius 2 is 1.72 bits per heavy atom. The van der Waals surface area contributed by atoms with Crippen molar-refractivity contribution in [1.29, 1.82) is 5.26 Å². The van der Waals surface area contributed by atoms with Crippen LogP contribution in [0.3, 0.4) is 0 Å². The van der Waals surface area contributed by atoms with Gasteiger partial charge in [-0.1, -0.05) is 0 Å². The van der Waals surface area contributed by atoms with Gasteiger partial charge in [-0.3, -0.25) is 4.79 Å². The van der Waals surface area contributed by atoms with Crippen LogP contribution in [0.1, 0.15) is 27.2 Å². The summed E-state index contributed by atoms with van der Waals surface area (Å²) in [5.41, 5.74) is -4.05. The molecule has 6 nitrogen and oxygen atoms in total. The molecular weight excluding hydrogens is 453 g/mol. The molecule has 1 N–H and O–H groups in total. The fourth-order valence-electron chi connectivity index (χ4n) is 2.53. The van der Waals surface area contributed by atoms with Gasteiger partial charge in [0.05, 0.1) is 5.69 Å². The van der Waals surface area contributed by atoms with E-state index in [1.807, 2.05) is 0 Å². The molecular formula is C17H7F5N4O2Zn. The van der Waals surface area contributed by atoms with Crippen LogP contribution in [0.15, 0.2) is 18.3 Å². The Kier molecular flexibility index (Phi) is 6.13. The zero-order valence-electron chi connectivity index (χ0n) is 14.5. The Balaban J connectivity index is 0.00000300. The van der Waals surface area contributed by atoms with Crippen LogP contribution in [0.4, 0.5) is 22.0 Å². The zero-order chi connectivity index (χ0) is 20.7. The van der Waals surface area contributed by atoms with Crippen molar-refractivity contribution >= 4 is 5.78 Å². The molecule has 0 aliphatic rings. The minimum Gasteiger partial charge on any atom is -0.493 e. The van der Waals surface area contributed by atoms with Crippen molar-refractivity contribution < 1.29 is 51.3 Å². The number of pyridine rings is 1. The molecule has 0 atom stereocenters. The molecule has 12 heteroatoms. The maximum absolute atomic E-state index is 14.2. The molecule has 0 spiro atoms. The number of rotatable bonds is 3. The number of nitrogens with zero attached hydrogens (tertiary/aromatic N) is 4. The first kappa shape index (κ1) is 22.1. The second-order valence-corrected chi connectivity index (χ2v) is 5.48. The first-order valence-electron chi connectivity index (χ1n) is 7.40. The first-order chi connectivity index (χ1) is 13.2. The number of hydrogen-bond donors (Lipinski definition) is 1. The largest absolute Gasteiger partial charge is 0.493 e. The van der Waals surface area contributed by atoms with Gasteiger partial charge in [-0.05, 0) is 13.0 Å². The first-order valence-corrected chi connectivity index (χ1v) is 7.40. The van der Waals surface area contributed by atoms with Crippen LogP contribution in [0.5, 0.6) is 5.88 Å². The number of halogens is 5. The molecule has 0 aliphatic carbocycles. The number of carbonyl (C=O) groups excluding carboxylic acids is 1. The molecule has 0 amide bonds. The predicted molar refractivity (Wildman–Crippen MR) is 82.1 cm³/mol. The molecule has 0 radical (unpaired) electrons. The smallest absolute Gasteiger partial charge is 0.226 e. The van der Waals surface area contributed by atoms with Crippen molar-refractivity contribution in [3.05, 3.63) is 69.9 Å². The van der Waals surface area contributed by atoms with Gasteiger partial charge in [-0.2, -0.15) is 19.4 Å². The monoisotopic (exact) mass is 458 g/mol. The third kappa shape index (κ3) is 3.49. The summed E-state index contributed by atoms with van der Waals surface area (Å²) in [6, 6.07) is 2.85. The van der Waals surface area contributed by atoms with Crippen LogP contribution < -0.4 is 0 Å². The van der Waals surface area contributed by atoms with E-state index in [4.69, 9.17) is 5.26 Å². The summed E-state index contributed by atoms with van der Waals surface area (Å²) in [5, 5.41) is 22.4. The Morgan fingerprint density at radius 3 is 2.24 bits per heavy atom. The average molecular weight is 460 g/mol. The van der Waals surface area contributed by atoms with Crippen molar-refractivity contribution in [3.8, 4) is 17.6 Å². The standard InChI is InChI=1S/C17H7F5N4O2.Zn/c1-6-10(16(27)7-2-3-24-9(18)4-7)17(28)26(25-6)15-13(21)11(19)8(5-23)12(20)14(15)22;/h2-4,28H,1H3;. The van der Waals surface area contributed by atoms with E-state index in [1.165, 1.54) is 6.92 Å². The van der Waals surface area contributed by atoms with Crippen molar-refractivity contribution in [2.75, 3.05) is 0 Å². The molecule has 0 fully saturated rings. The number of benzene rings is 1. The van der Waals surface area contributed by atoms with Gasteiger partial charge in [-0.25, -0.2) is 22.5 Å². The zero-order valence-corrected chi connectivity index (χ0v) is 17.4. The van der Waals surface area contributed by atoms with Crippen LogP contribution in [0, 0.1) is 47.5 Å². The number of aromatic nitrogens is 3. The molecule has 2 heterocycles. The van der Waals surface area contributed by atoms with Crippen molar-refractivity contribution in [2.24, 2.45) is 0 Å². The summed E-state index contributed by atoms with van der Waals surface area (Å²) >= 11 is 0. The summed E-state index contributed by atoms with van der Waals surface area (Å²) in [4.78, 5) is 15.8. The molecule has 29 heavy (non-hydrogen) atoms. The van der Waals surface area contributed by atoms with Gasteiger partial charge < -0.3 is 5.11 Å². The van der Waals surface area contributed by atoms with Crippen LogP contribution in [-0.2, 0) is 19.5 Å². The van der Waals surface area contributed by atoms with E-state index < -0.39 is 57.7 Å². The summed E-state index contributed by atoms with van der Waals surface area (Å²) in [5.74, 6) is -11.1. The Hall–Kier alpha value is -3.19. The topological polar surface area (TPSA) is 91.8 Å². The molecule has 3 aromatic rings. The fourth-order valence-corrected chi connectivity index (χ4v) is 2.53. The second kappa shape index (κ2) is 8.05. The van der Waals surface area contributed by atoms with Crippen LogP contribution in [0.25, 0.3) is 5.69 Å². The molecule has 1 aromatic carbocycles. The number of ketones is 1. The van der Waals surface area contributed by atoms with Gasteiger partial charge in [-0.15, -0.1) is 0 Å². The quantitative estimate of drug-likeness (QED) is 0.214. The van der Waals surface area contributed by atoms with E-state index in [1.54, 1.807) is 0 Å². The van der Waals surface area contributed by atoms with E-state index >= 15 is 0 Å². The molecule has 0 saturated heterocycles. The van der Waals surface area contributed by atoms with Crippen molar-refractivity contribution in [2.45, 2.75) is 6.92 Å². The summed E-state index contributed by atoms with van der Waals surface area (Å²) < 4.78 is 69.5. The molecule has 0 saturated carbocycles. The molecule has 0 bridgehead atoms. The van der Waals surface area contributed by atoms with Gasteiger partial charge in [0.15, 0.2) is 23.3 Å². The molecule has 0 aliphatic heterocycles. The Bertz CT molecular complexity index is 1160. The third-order valence-electron chi connectivity index (χ3n) is 3.82. The summed E-state index contributed by atoms with van der Waals surface area (Å²) in [6.07, 6.45) is 0.976. The average Bonchev–Trinajstić information content (AvgIpc) is 2.94. The minimum absolute atomic E-state index is 0. The van der Waals surface area contributed by atoms with E-state index in [0.29, 0.717) is 0 Å². The fraction of sp³-hybridized carbons (Fsp3) is 0.0588. The van der Waals surface area contributed by atoms with E-state index in [2.05, 4.69) is 10.1 Å². The van der Waals surface area contributed by atoms with Crippen LogP contribution >= 0.6 is 0 Å². The van der Waals surface area contributed by atoms with Crippen LogP contribution in [0.2, 0.25) is 0 Å². The van der Waals surface area contributed by atoms with Gasteiger partial charge in [0.1, 0.15) is 22.9 Å². The summed E-state index contributed by atoms with van der Waals surface area (Å²) in [7, 11) is 0. The molecule has 0 unspecified atom stereocenters. The van der Waals surface area contributed by atoms with E-state index in [-0.39, 0.29) is 35.4 Å². The molecule has 2 aromatic heterocycles. The van der Waals surface area contributed by atoms with E-state index in [0.717, 1.165) is 24.4 Å². The van der Waals surface area contributed by atoms with Gasteiger partial charge in [0.2, 0.25) is 17.6 Å². The Labute approximate surface area is 172 Å². The predicted octanol–water partition coefficient (Wildman–Crippen LogP) is 3.08. The third-order valence-corrected chi connectivity index (χ3v) is 3.82. The SMILES string of the molecule is Cc1nn(-c2c(F)c(F)c(C#N)c(F)c2F)c(O)c1C(=O)c1ccnc(F)c1.[Zn]. The number of carbonyl (C=O) groups is 1. The van der Waals surface area contributed by atoms with Crippen LogP contribution in [-0.4, -0.2) is 25.7 Å². The summed E-state index contributed by atoms with van der Waals surface area (Å²) in [6.45, 7) is 1.17. The number of aromatic hydroxyl groups is 1. The number of hydrogen-bond acceptors (Lipinski definition) is 5. The van der Waals surface area contributed by atoms with E-state index in [9.17, 15) is 31.9 Å². The number of nitriles is 1. The maximum atomic E-state index is 14.2. The normalized spacial score (nSPS) is 10.4. The minimum atomic E-state index is -2.00. The van der Waals surface area contributed by atoms with Gasteiger partial charge >= 0.3 is 0 Å². The number of aryl methyl sites for hydroxylation is 1. The van der Waals surface area contributed by atoms with Gasteiger partial charge in [0.25, 0.3) is 0 Å². The second-order valence-electron chi connectivity index (χ2n) is 5.48. The maximum Gasteiger partial charge on any atom is 0.226 e. The van der Waals surface area contributed by atoms with Gasteiger partial charge in [0, 0.05) is 37.3 Å². The molecule has 144 valence electrons. The van der Waals surface area contributed by atoms with Crippen molar-refractivity contribution in [1.82, 2.24) is 14.8 Å².